The van der Waals surface area contributed by atoms with Gasteiger partial charge in [0, 0.05) is 11.1 Å². The van der Waals surface area contributed by atoms with E-state index in [4.69, 9.17) is 11.5 Å². The van der Waals surface area contributed by atoms with Crippen molar-refractivity contribution in [2.75, 3.05) is 0 Å². The zero-order valence-electron chi connectivity index (χ0n) is 10.1. The highest BCUT2D eigenvalue weighted by molar-refractivity contribution is 5.93. The van der Waals surface area contributed by atoms with Crippen LogP contribution in [-0.2, 0) is 4.79 Å². The molecule has 0 atom stereocenters. The molecule has 19 heavy (non-hydrogen) atoms. The van der Waals surface area contributed by atoms with Crippen molar-refractivity contribution < 1.29 is 14.0 Å². The van der Waals surface area contributed by atoms with Gasteiger partial charge in [0.1, 0.15) is 5.83 Å². The second-order valence-electron chi connectivity index (χ2n) is 3.73. The molecule has 0 aliphatic heterocycles. The largest absolute Gasteiger partial charge is 0.396 e. The summed E-state index contributed by atoms with van der Waals surface area (Å²) in [4.78, 5) is 21.4. The van der Waals surface area contributed by atoms with E-state index in [1.54, 1.807) is 18.2 Å². The van der Waals surface area contributed by atoms with E-state index in [9.17, 15) is 14.0 Å². The van der Waals surface area contributed by atoms with Crippen LogP contribution >= 0.6 is 0 Å². The summed E-state index contributed by atoms with van der Waals surface area (Å²) < 4.78 is 13.5. The first kappa shape index (κ1) is 14.4. The quantitative estimate of drug-likeness (QED) is 0.480. The Morgan fingerprint density at radius 2 is 2.00 bits per heavy atom. The van der Waals surface area contributed by atoms with Gasteiger partial charge in [0.05, 0.1) is 5.70 Å². The van der Waals surface area contributed by atoms with Crippen LogP contribution in [0.25, 0.3) is 6.08 Å². The van der Waals surface area contributed by atoms with Crippen molar-refractivity contribution in [2.24, 2.45) is 11.5 Å². The van der Waals surface area contributed by atoms with Gasteiger partial charge in [-0.3, -0.25) is 9.59 Å². The van der Waals surface area contributed by atoms with Crippen molar-refractivity contribution in [1.29, 1.82) is 0 Å². The minimum Gasteiger partial charge on any atom is -0.396 e. The average Bonchev–Trinajstić information content (AvgIpc) is 2.43. The molecule has 98 valence electrons. The fourth-order valence-electron chi connectivity index (χ4n) is 1.27. The standard InChI is InChI=1S/C14H13FN2O2/c1-9(8-18)13(16)12(15)6-5-10-3-2-4-11(7-10)14(17)19/h2-8H,1,16H2,(H2,17,19)/b6-5+,13-12-. The van der Waals surface area contributed by atoms with Crippen molar-refractivity contribution in [3.8, 4) is 0 Å². The van der Waals surface area contributed by atoms with Crippen molar-refractivity contribution in [3.63, 3.8) is 0 Å². The van der Waals surface area contributed by atoms with Gasteiger partial charge in [0.25, 0.3) is 0 Å². The Labute approximate surface area is 109 Å². The summed E-state index contributed by atoms with van der Waals surface area (Å²) >= 11 is 0. The molecule has 0 fully saturated rings. The van der Waals surface area contributed by atoms with Crippen molar-refractivity contribution >= 4 is 18.3 Å². The molecule has 1 amide bonds. The number of halogens is 1. The van der Waals surface area contributed by atoms with E-state index < -0.39 is 11.7 Å². The van der Waals surface area contributed by atoms with Gasteiger partial charge < -0.3 is 11.5 Å². The highest BCUT2D eigenvalue weighted by atomic mass is 19.1. The van der Waals surface area contributed by atoms with Crippen LogP contribution in [0.15, 0.2) is 54.0 Å². The number of allylic oxidation sites excluding steroid dienone is 3. The Balaban J connectivity index is 2.99. The number of rotatable bonds is 5. The number of carbonyl (C=O) groups is 2. The molecule has 1 aromatic rings. The number of benzene rings is 1. The lowest BCUT2D eigenvalue weighted by Crippen LogP contribution is -2.10. The first-order valence-electron chi connectivity index (χ1n) is 5.33. The first-order valence-corrected chi connectivity index (χ1v) is 5.33. The minimum absolute atomic E-state index is 0.131. The fourth-order valence-corrected chi connectivity index (χ4v) is 1.27. The highest BCUT2D eigenvalue weighted by Crippen LogP contribution is 2.12. The smallest absolute Gasteiger partial charge is 0.248 e. The maximum absolute atomic E-state index is 13.5. The van der Waals surface area contributed by atoms with Gasteiger partial charge in [0.15, 0.2) is 6.29 Å². The summed E-state index contributed by atoms with van der Waals surface area (Å²) in [6, 6.07) is 6.35. The Bertz CT molecular complexity index is 589. The average molecular weight is 260 g/mol. The number of nitrogens with two attached hydrogens (primary N) is 2. The monoisotopic (exact) mass is 260 g/mol. The normalized spacial score (nSPS) is 12.1. The Morgan fingerprint density at radius 3 is 2.58 bits per heavy atom. The predicted molar refractivity (Wildman–Crippen MR) is 71.5 cm³/mol. The number of primary amides is 1. The van der Waals surface area contributed by atoms with Crippen molar-refractivity contribution in [2.45, 2.75) is 0 Å². The molecule has 5 heteroatoms. The van der Waals surface area contributed by atoms with Crippen LogP contribution < -0.4 is 11.5 Å². The molecule has 0 spiro atoms. The van der Waals surface area contributed by atoms with Gasteiger partial charge in [-0.25, -0.2) is 4.39 Å². The van der Waals surface area contributed by atoms with Gasteiger partial charge in [-0.2, -0.15) is 0 Å². The lowest BCUT2D eigenvalue weighted by Gasteiger charge is -1.99. The van der Waals surface area contributed by atoms with Crippen molar-refractivity contribution in [3.05, 3.63) is 65.1 Å². The van der Waals surface area contributed by atoms with E-state index in [-0.39, 0.29) is 11.3 Å². The third-order valence-electron chi connectivity index (χ3n) is 2.34. The molecule has 0 saturated carbocycles. The van der Waals surface area contributed by atoms with E-state index in [2.05, 4.69) is 6.58 Å². The summed E-state index contributed by atoms with van der Waals surface area (Å²) in [7, 11) is 0. The first-order chi connectivity index (χ1) is 8.95. The maximum Gasteiger partial charge on any atom is 0.248 e. The SMILES string of the molecule is C=C(C=O)/C(N)=C(F)\C=C\c1cccc(C(N)=O)c1. The third kappa shape index (κ3) is 3.92. The topological polar surface area (TPSA) is 86.2 Å². The summed E-state index contributed by atoms with van der Waals surface area (Å²) in [5.74, 6) is -1.35. The highest BCUT2D eigenvalue weighted by Gasteiger charge is 2.03. The van der Waals surface area contributed by atoms with Crippen molar-refractivity contribution in [1.82, 2.24) is 0 Å². The van der Waals surface area contributed by atoms with Crippen LogP contribution in [0.4, 0.5) is 4.39 Å². The van der Waals surface area contributed by atoms with Gasteiger partial charge in [-0.15, -0.1) is 0 Å². The van der Waals surface area contributed by atoms with Crippen LogP contribution in [0.1, 0.15) is 15.9 Å². The molecule has 0 saturated heterocycles. The number of carbonyl (C=O) groups excluding carboxylic acids is 2. The molecule has 0 aromatic heterocycles. The minimum atomic E-state index is -0.776. The van der Waals surface area contributed by atoms with Gasteiger partial charge in [-0.05, 0) is 23.8 Å². The number of hydrogen-bond acceptors (Lipinski definition) is 3. The molecule has 4 N–H and O–H groups in total. The van der Waals surface area contributed by atoms with Crippen LogP contribution in [0, 0.1) is 0 Å². The molecular formula is C14H13FN2O2. The van der Waals surface area contributed by atoms with E-state index in [1.165, 1.54) is 12.1 Å². The van der Waals surface area contributed by atoms with E-state index in [1.807, 2.05) is 0 Å². The molecule has 0 aliphatic rings. The molecule has 1 rings (SSSR count). The second kappa shape index (κ2) is 6.30. The van der Waals surface area contributed by atoms with Crippen LogP contribution in [0.5, 0.6) is 0 Å². The molecule has 0 heterocycles. The number of amides is 1. The molecule has 0 unspecified atom stereocenters. The van der Waals surface area contributed by atoms with Gasteiger partial charge >= 0.3 is 0 Å². The fraction of sp³-hybridized carbons (Fsp3) is 0. The molecule has 0 aliphatic carbocycles. The summed E-state index contributed by atoms with van der Waals surface area (Å²) in [5, 5.41) is 0. The zero-order valence-corrected chi connectivity index (χ0v) is 10.1. The molecule has 4 nitrogen and oxygen atoms in total. The Morgan fingerprint density at radius 1 is 1.32 bits per heavy atom. The molecule has 0 bridgehead atoms. The molecular weight excluding hydrogens is 247 g/mol. The third-order valence-corrected chi connectivity index (χ3v) is 2.34. The van der Waals surface area contributed by atoms with Crippen LogP contribution in [0.2, 0.25) is 0 Å². The molecule has 1 aromatic carbocycles. The lowest BCUT2D eigenvalue weighted by molar-refractivity contribution is -0.104. The Hall–Kier alpha value is -2.69. The van der Waals surface area contributed by atoms with E-state index in [0.29, 0.717) is 17.4 Å². The number of aldehydes is 1. The molecule has 0 radical (unpaired) electrons. The maximum atomic E-state index is 13.5. The predicted octanol–water partition coefficient (Wildman–Crippen LogP) is 1.69. The zero-order chi connectivity index (χ0) is 14.4. The van der Waals surface area contributed by atoms with Gasteiger partial charge in [-0.1, -0.05) is 24.8 Å². The van der Waals surface area contributed by atoms with Crippen LogP contribution in [0.3, 0.4) is 0 Å². The van der Waals surface area contributed by atoms with Gasteiger partial charge in [0.2, 0.25) is 5.91 Å². The van der Waals surface area contributed by atoms with Crippen LogP contribution in [-0.4, -0.2) is 12.2 Å². The summed E-state index contributed by atoms with van der Waals surface area (Å²) in [6.07, 6.45) is 2.87. The second-order valence-corrected chi connectivity index (χ2v) is 3.73. The Kier molecular flexibility index (Phi) is 4.76. The lowest BCUT2D eigenvalue weighted by atomic mass is 10.1. The van der Waals surface area contributed by atoms with E-state index >= 15 is 0 Å². The number of hydrogen-bond donors (Lipinski definition) is 2. The summed E-state index contributed by atoms with van der Waals surface area (Å²) in [6.45, 7) is 3.30. The summed E-state index contributed by atoms with van der Waals surface area (Å²) in [5.41, 5.74) is 10.9. The van der Waals surface area contributed by atoms with E-state index in [0.717, 1.165) is 6.08 Å².